The standard InChI is InChI=1S/C11H9F4NO2/c12-8-3-7(11(13,14)15)1-2-9(8)16-4-6(5-16)10(17)18/h1-3,6H,4-5H2,(H,17,18). The Kier molecular flexibility index (Phi) is 2.92. The Morgan fingerprint density at radius 3 is 2.39 bits per heavy atom. The van der Waals surface area contributed by atoms with Crippen molar-refractivity contribution in [2.45, 2.75) is 6.18 Å². The van der Waals surface area contributed by atoms with Crippen LogP contribution in [0.4, 0.5) is 23.2 Å². The molecule has 1 aliphatic rings. The van der Waals surface area contributed by atoms with Crippen LogP contribution in [-0.4, -0.2) is 24.2 Å². The first-order chi connectivity index (χ1) is 8.29. The molecule has 1 heterocycles. The molecular weight excluding hydrogens is 254 g/mol. The van der Waals surface area contributed by atoms with Crippen LogP contribution in [0.1, 0.15) is 5.56 Å². The summed E-state index contributed by atoms with van der Waals surface area (Å²) in [4.78, 5) is 12.0. The molecule has 0 spiro atoms. The molecule has 0 atom stereocenters. The average molecular weight is 263 g/mol. The molecule has 0 radical (unpaired) electrons. The van der Waals surface area contributed by atoms with Gasteiger partial charge in [-0.25, -0.2) is 4.39 Å². The van der Waals surface area contributed by atoms with Crippen molar-refractivity contribution in [1.82, 2.24) is 0 Å². The van der Waals surface area contributed by atoms with Crippen LogP contribution in [0.3, 0.4) is 0 Å². The van der Waals surface area contributed by atoms with Gasteiger partial charge in [0.05, 0.1) is 17.2 Å². The van der Waals surface area contributed by atoms with Crippen molar-refractivity contribution >= 4 is 11.7 Å². The second-order valence-corrected chi connectivity index (χ2v) is 4.10. The molecule has 0 unspecified atom stereocenters. The fourth-order valence-corrected chi connectivity index (χ4v) is 1.77. The van der Waals surface area contributed by atoms with Gasteiger partial charge in [0.25, 0.3) is 0 Å². The Hall–Kier alpha value is -1.79. The number of alkyl halides is 3. The van der Waals surface area contributed by atoms with E-state index < -0.39 is 29.4 Å². The SMILES string of the molecule is O=C(O)C1CN(c2ccc(C(F)(F)F)cc2F)C1. The molecule has 0 aliphatic carbocycles. The summed E-state index contributed by atoms with van der Waals surface area (Å²) in [6, 6.07) is 2.23. The number of anilines is 1. The fraction of sp³-hybridized carbons (Fsp3) is 0.364. The summed E-state index contributed by atoms with van der Waals surface area (Å²) in [5.41, 5.74) is -1.06. The van der Waals surface area contributed by atoms with E-state index in [1.807, 2.05) is 0 Å². The summed E-state index contributed by atoms with van der Waals surface area (Å²) in [6.45, 7) is 0.217. The van der Waals surface area contributed by atoms with E-state index in [0.29, 0.717) is 6.07 Å². The highest BCUT2D eigenvalue weighted by Gasteiger charge is 2.35. The van der Waals surface area contributed by atoms with Gasteiger partial charge in [-0.1, -0.05) is 0 Å². The van der Waals surface area contributed by atoms with E-state index in [0.717, 1.165) is 12.1 Å². The van der Waals surface area contributed by atoms with Gasteiger partial charge in [0, 0.05) is 13.1 Å². The zero-order chi connectivity index (χ0) is 13.5. The monoisotopic (exact) mass is 263 g/mol. The van der Waals surface area contributed by atoms with E-state index >= 15 is 0 Å². The van der Waals surface area contributed by atoms with E-state index in [2.05, 4.69) is 0 Å². The van der Waals surface area contributed by atoms with Crippen LogP contribution in [0.15, 0.2) is 18.2 Å². The zero-order valence-electron chi connectivity index (χ0n) is 9.04. The minimum absolute atomic E-state index is 0.000463. The first-order valence-electron chi connectivity index (χ1n) is 5.13. The van der Waals surface area contributed by atoms with E-state index in [-0.39, 0.29) is 18.8 Å². The lowest BCUT2D eigenvalue weighted by Gasteiger charge is -2.38. The number of aliphatic carboxylic acids is 1. The van der Waals surface area contributed by atoms with Crippen LogP contribution in [0.5, 0.6) is 0 Å². The largest absolute Gasteiger partial charge is 0.481 e. The van der Waals surface area contributed by atoms with Gasteiger partial charge >= 0.3 is 12.1 Å². The topological polar surface area (TPSA) is 40.5 Å². The number of rotatable bonds is 2. The highest BCUT2D eigenvalue weighted by molar-refractivity contribution is 5.74. The number of carboxylic acid groups (broad SMARTS) is 1. The lowest BCUT2D eigenvalue weighted by atomic mass is 9.99. The maximum absolute atomic E-state index is 13.5. The summed E-state index contributed by atoms with van der Waals surface area (Å²) < 4.78 is 50.4. The van der Waals surface area contributed by atoms with Crippen molar-refractivity contribution in [3.8, 4) is 0 Å². The Morgan fingerprint density at radius 1 is 1.33 bits per heavy atom. The molecular formula is C11H9F4NO2. The molecule has 2 rings (SSSR count). The summed E-state index contributed by atoms with van der Waals surface area (Å²) in [7, 11) is 0. The minimum Gasteiger partial charge on any atom is -0.481 e. The predicted octanol–water partition coefficient (Wildman–Crippen LogP) is 2.37. The van der Waals surface area contributed by atoms with Crippen molar-refractivity contribution in [1.29, 1.82) is 0 Å². The molecule has 1 aromatic rings. The van der Waals surface area contributed by atoms with Crippen molar-refractivity contribution in [3.05, 3.63) is 29.6 Å². The molecule has 7 heteroatoms. The van der Waals surface area contributed by atoms with Crippen molar-refractivity contribution in [2.75, 3.05) is 18.0 Å². The highest BCUT2D eigenvalue weighted by atomic mass is 19.4. The van der Waals surface area contributed by atoms with Gasteiger partial charge in [-0.2, -0.15) is 13.2 Å². The van der Waals surface area contributed by atoms with Crippen LogP contribution in [0.2, 0.25) is 0 Å². The smallest absolute Gasteiger partial charge is 0.416 e. The third-order valence-corrected chi connectivity index (χ3v) is 2.85. The highest BCUT2D eigenvalue weighted by Crippen LogP contribution is 2.34. The van der Waals surface area contributed by atoms with E-state index in [1.54, 1.807) is 0 Å². The van der Waals surface area contributed by atoms with Crippen molar-refractivity contribution < 1.29 is 27.5 Å². The third-order valence-electron chi connectivity index (χ3n) is 2.85. The van der Waals surface area contributed by atoms with Gasteiger partial charge in [-0.3, -0.25) is 4.79 Å². The number of benzene rings is 1. The number of halogens is 4. The molecule has 3 nitrogen and oxygen atoms in total. The summed E-state index contributed by atoms with van der Waals surface area (Å²) in [5, 5.41) is 8.65. The number of carbonyl (C=O) groups is 1. The minimum atomic E-state index is -4.59. The molecule has 1 saturated heterocycles. The molecule has 1 fully saturated rings. The van der Waals surface area contributed by atoms with Gasteiger partial charge in [-0.05, 0) is 18.2 Å². The van der Waals surface area contributed by atoms with Crippen LogP contribution >= 0.6 is 0 Å². The van der Waals surface area contributed by atoms with Crippen LogP contribution in [0, 0.1) is 11.7 Å². The first kappa shape index (κ1) is 12.7. The number of hydrogen-bond acceptors (Lipinski definition) is 2. The molecule has 98 valence electrons. The van der Waals surface area contributed by atoms with Crippen LogP contribution < -0.4 is 4.90 Å². The Labute approximate surface area is 99.6 Å². The van der Waals surface area contributed by atoms with Gasteiger partial charge in [0.15, 0.2) is 0 Å². The number of carboxylic acids is 1. The van der Waals surface area contributed by atoms with Crippen molar-refractivity contribution in [2.24, 2.45) is 5.92 Å². The second-order valence-electron chi connectivity index (χ2n) is 4.10. The lowest BCUT2D eigenvalue weighted by Crippen LogP contribution is -2.50. The number of nitrogens with zero attached hydrogens (tertiary/aromatic N) is 1. The molecule has 18 heavy (non-hydrogen) atoms. The maximum Gasteiger partial charge on any atom is 0.416 e. The molecule has 0 aromatic heterocycles. The van der Waals surface area contributed by atoms with Gasteiger partial charge in [0.2, 0.25) is 0 Å². The average Bonchev–Trinajstić information content (AvgIpc) is 2.15. The van der Waals surface area contributed by atoms with E-state index in [1.165, 1.54) is 4.90 Å². The summed E-state index contributed by atoms with van der Waals surface area (Å²) >= 11 is 0. The van der Waals surface area contributed by atoms with Crippen LogP contribution in [-0.2, 0) is 11.0 Å². The molecule has 1 N–H and O–H groups in total. The number of hydrogen-bond donors (Lipinski definition) is 1. The molecule has 1 aromatic carbocycles. The quantitative estimate of drug-likeness (QED) is 0.833. The van der Waals surface area contributed by atoms with E-state index in [9.17, 15) is 22.4 Å². The molecule has 0 amide bonds. The predicted molar refractivity (Wildman–Crippen MR) is 54.7 cm³/mol. The first-order valence-corrected chi connectivity index (χ1v) is 5.13. The molecule has 0 saturated carbocycles. The van der Waals surface area contributed by atoms with Crippen LogP contribution in [0.25, 0.3) is 0 Å². The summed E-state index contributed by atoms with van der Waals surface area (Å²) in [6.07, 6.45) is -4.59. The fourth-order valence-electron chi connectivity index (χ4n) is 1.77. The Bertz CT molecular complexity index is 480. The Morgan fingerprint density at radius 2 is 1.94 bits per heavy atom. The van der Waals surface area contributed by atoms with E-state index in [4.69, 9.17) is 5.11 Å². The summed E-state index contributed by atoms with van der Waals surface area (Å²) in [5.74, 6) is -2.57. The van der Waals surface area contributed by atoms with Gasteiger partial charge in [-0.15, -0.1) is 0 Å². The maximum atomic E-state index is 13.5. The molecule has 0 bridgehead atoms. The second kappa shape index (κ2) is 4.15. The van der Waals surface area contributed by atoms with Gasteiger partial charge < -0.3 is 10.0 Å². The van der Waals surface area contributed by atoms with Crippen molar-refractivity contribution in [3.63, 3.8) is 0 Å². The zero-order valence-corrected chi connectivity index (χ0v) is 9.04. The normalized spacial score (nSPS) is 16.6. The molecule has 1 aliphatic heterocycles. The Balaban J connectivity index is 2.15. The third kappa shape index (κ3) is 2.25. The van der Waals surface area contributed by atoms with Gasteiger partial charge in [0.1, 0.15) is 5.82 Å². The lowest BCUT2D eigenvalue weighted by molar-refractivity contribution is -0.142.